The van der Waals surface area contributed by atoms with E-state index in [0.717, 1.165) is 34.7 Å². The average Bonchev–Trinajstić information content (AvgIpc) is 3.67. The lowest BCUT2D eigenvalue weighted by Gasteiger charge is -2.28. The lowest BCUT2D eigenvalue weighted by atomic mass is 10.0. The molecule has 41 heavy (non-hydrogen) atoms. The number of anilines is 1. The van der Waals surface area contributed by atoms with Crippen LogP contribution in [-0.4, -0.2) is 35.0 Å². The number of thiazole rings is 1. The van der Waals surface area contributed by atoms with Gasteiger partial charge in [-0.05, 0) is 42.5 Å². The lowest BCUT2D eigenvalue weighted by Crippen LogP contribution is -2.29. The van der Waals surface area contributed by atoms with Crippen molar-refractivity contribution >= 4 is 33.0 Å². The second-order valence-electron chi connectivity index (χ2n) is 10.2. The number of sulfone groups is 1. The van der Waals surface area contributed by atoms with Crippen molar-refractivity contribution in [2.75, 3.05) is 10.7 Å². The highest BCUT2D eigenvalue weighted by Gasteiger charge is 2.40. The molecule has 1 aliphatic carbocycles. The van der Waals surface area contributed by atoms with Crippen LogP contribution >= 0.6 is 11.3 Å². The highest BCUT2D eigenvalue weighted by Crippen LogP contribution is 2.43. The molecule has 0 saturated carbocycles. The standard InChI is InChI=1S/C28H28F3N5O3S2/c1-17(2)24-23-21(16-36(24)27-32-13-11-22(34-27)28(29,30)31)40-26(35-23)25(37)33-15-19-7-9-20(10-8-19)41(38,39)14-12-18-5-3-4-6-18/h3-5,7-11,13,17,24H,6,12,14-16H2,1-2H3,(H,33,37)/t24-/m0/s1. The summed E-state index contributed by atoms with van der Waals surface area (Å²) in [6, 6.07) is 6.89. The molecule has 0 bridgehead atoms. The van der Waals surface area contributed by atoms with Gasteiger partial charge < -0.3 is 10.2 Å². The van der Waals surface area contributed by atoms with Gasteiger partial charge >= 0.3 is 6.18 Å². The largest absolute Gasteiger partial charge is 0.433 e. The molecule has 0 fully saturated rings. The van der Waals surface area contributed by atoms with Gasteiger partial charge in [-0.3, -0.25) is 4.79 Å². The molecular formula is C28H28F3N5O3S2. The maximum atomic E-state index is 13.2. The fourth-order valence-corrected chi connectivity index (χ4v) is 7.19. The number of rotatable bonds is 9. The monoisotopic (exact) mass is 603 g/mol. The molecule has 1 atom stereocenters. The first-order valence-electron chi connectivity index (χ1n) is 13.0. The molecular weight excluding hydrogens is 575 g/mol. The summed E-state index contributed by atoms with van der Waals surface area (Å²) in [6.07, 6.45) is 3.66. The predicted octanol–water partition coefficient (Wildman–Crippen LogP) is 5.65. The number of nitrogens with zero attached hydrogens (tertiary/aromatic N) is 4. The predicted molar refractivity (Wildman–Crippen MR) is 149 cm³/mol. The molecule has 8 nitrogen and oxygen atoms in total. The van der Waals surface area contributed by atoms with E-state index in [-0.39, 0.29) is 52.6 Å². The zero-order valence-electron chi connectivity index (χ0n) is 22.4. The number of hydrogen-bond donors (Lipinski definition) is 1. The van der Waals surface area contributed by atoms with E-state index >= 15 is 0 Å². The third kappa shape index (κ3) is 6.35. The van der Waals surface area contributed by atoms with Gasteiger partial charge in [-0.15, -0.1) is 11.3 Å². The molecule has 5 rings (SSSR count). The minimum absolute atomic E-state index is 0.0336. The zero-order valence-corrected chi connectivity index (χ0v) is 24.0. The molecule has 13 heteroatoms. The summed E-state index contributed by atoms with van der Waals surface area (Å²) in [5, 5.41) is 3.07. The van der Waals surface area contributed by atoms with Crippen LogP contribution in [0.4, 0.5) is 19.1 Å². The van der Waals surface area contributed by atoms with Gasteiger partial charge in [0.2, 0.25) is 5.95 Å². The van der Waals surface area contributed by atoms with E-state index < -0.39 is 21.7 Å². The second kappa shape index (κ2) is 11.4. The molecule has 2 aromatic heterocycles. The fourth-order valence-electron chi connectivity index (χ4n) is 4.85. The van der Waals surface area contributed by atoms with Crippen LogP contribution in [0, 0.1) is 5.92 Å². The summed E-state index contributed by atoms with van der Waals surface area (Å²) < 4.78 is 65.0. The Morgan fingerprint density at radius 1 is 1.17 bits per heavy atom. The van der Waals surface area contributed by atoms with E-state index in [0.29, 0.717) is 12.1 Å². The highest BCUT2D eigenvalue weighted by atomic mass is 32.2. The second-order valence-corrected chi connectivity index (χ2v) is 13.4. The number of amides is 1. The van der Waals surface area contributed by atoms with E-state index in [1.54, 1.807) is 29.2 Å². The van der Waals surface area contributed by atoms with Gasteiger partial charge in [0.1, 0.15) is 5.69 Å². The molecule has 1 N–H and O–H groups in total. The van der Waals surface area contributed by atoms with E-state index in [4.69, 9.17) is 0 Å². The van der Waals surface area contributed by atoms with Crippen LogP contribution in [0.1, 0.15) is 64.4 Å². The van der Waals surface area contributed by atoms with Crippen molar-refractivity contribution in [1.29, 1.82) is 0 Å². The smallest absolute Gasteiger partial charge is 0.346 e. The Labute approximate surface area is 240 Å². The first kappa shape index (κ1) is 28.9. The number of carbonyl (C=O) groups is 1. The van der Waals surface area contributed by atoms with Crippen molar-refractivity contribution in [3.8, 4) is 0 Å². The maximum Gasteiger partial charge on any atom is 0.433 e. The number of halogens is 3. The molecule has 1 amide bonds. The molecule has 1 aliphatic heterocycles. The summed E-state index contributed by atoms with van der Waals surface area (Å²) in [4.78, 5) is 28.0. The van der Waals surface area contributed by atoms with Gasteiger partial charge in [-0.1, -0.05) is 49.8 Å². The number of allylic oxidation sites excluding steroid dienone is 4. The Balaban J connectivity index is 1.22. The summed E-state index contributed by atoms with van der Waals surface area (Å²) in [5.74, 6) is -0.412. The van der Waals surface area contributed by atoms with Crippen LogP contribution in [0.25, 0.3) is 0 Å². The molecule has 1 aromatic carbocycles. The SMILES string of the molecule is CC(C)[C@H]1c2nc(C(=O)NCc3ccc(S(=O)(=O)CCC4=CC=CC4)cc3)sc2CN1c1nccc(C(F)(F)F)n1. The summed E-state index contributed by atoms with van der Waals surface area (Å²) >= 11 is 1.19. The number of fused-ring (bicyclic) bond motifs is 1. The number of carbonyl (C=O) groups excluding carboxylic acids is 1. The van der Waals surface area contributed by atoms with Crippen molar-refractivity contribution in [2.45, 2.75) is 56.9 Å². The quantitative estimate of drug-likeness (QED) is 0.337. The van der Waals surface area contributed by atoms with E-state index in [1.165, 1.54) is 11.3 Å². The molecule has 3 heterocycles. The van der Waals surface area contributed by atoms with Crippen molar-refractivity contribution in [1.82, 2.24) is 20.3 Å². The Hall–Kier alpha value is -3.58. The third-order valence-electron chi connectivity index (χ3n) is 6.95. The summed E-state index contributed by atoms with van der Waals surface area (Å²) in [5.41, 5.74) is 1.45. The minimum atomic E-state index is -4.58. The Morgan fingerprint density at radius 2 is 1.93 bits per heavy atom. The zero-order chi connectivity index (χ0) is 29.4. The first-order chi connectivity index (χ1) is 19.4. The van der Waals surface area contributed by atoms with Gasteiger partial charge in [-0.2, -0.15) is 13.2 Å². The molecule has 0 unspecified atom stereocenters. The number of alkyl halides is 3. The highest BCUT2D eigenvalue weighted by molar-refractivity contribution is 7.91. The van der Waals surface area contributed by atoms with Crippen LogP contribution in [0.2, 0.25) is 0 Å². The van der Waals surface area contributed by atoms with Crippen molar-refractivity contribution in [3.05, 3.63) is 87.2 Å². The van der Waals surface area contributed by atoms with Crippen LogP contribution in [-0.2, 0) is 29.1 Å². The molecule has 216 valence electrons. The Kier molecular flexibility index (Phi) is 8.02. The third-order valence-corrected chi connectivity index (χ3v) is 9.74. The average molecular weight is 604 g/mol. The molecule has 2 aliphatic rings. The minimum Gasteiger partial charge on any atom is -0.346 e. The number of hydrogen-bond acceptors (Lipinski definition) is 8. The molecule has 0 radical (unpaired) electrons. The normalized spacial score (nSPS) is 16.8. The maximum absolute atomic E-state index is 13.2. The lowest BCUT2D eigenvalue weighted by molar-refractivity contribution is -0.141. The fraction of sp³-hybridized carbons (Fsp3) is 0.357. The van der Waals surface area contributed by atoms with Gasteiger partial charge in [0.25, 0.3) is 5.91 Å². The van der Waals surface area contributed by atoms with Crippen molar-refractivity contribution < 1.29 is 26.4 Å². The summed E-state index contributed by atoms with van der Waals surface area (Å²) in [6.45, 7) is 4.27. The van der Waals surface area contributed by atoms with E-state index in [1.807, 2.05) is 32.1 Å². The van der Waals surface area contributed by atoms with Gasteiger partial charge in [0.05, 0.1) is 33.8 Å². The van der Waals surface area contributed by atoms with E-state index in [2.05, 4.69) is 20.3 Å². The van der Waals surface area contributed by atoms with Gasteiger partial charge in [0, 0.05) is 12.7 Å². The number of benzene rings is 1. The number of nitrogens with one attached hydrogen (secondary N) is 1. The van der Waals surface area contributed by atoms with E-state index in [9.17, 15) is 26.4 Å². The van der Waals surface area contributed by atoms with Gasteiger partial charge in [0.15, 0.2) is 14.8 Å². The topological polar surface area (TPSA) is 105 Å². The summed E-state index contributed by atoms with van der Waals surface area (Å²) in [7, 11) is -3.42. The van der Waals surface area contributed by atoms with Crippen LogP contribution in [0.3, 0.4) is 0 Å². The van der Waals surface area contributed by atoms with Gasteiger partial charge in [-0.25, -0.2) is 23.4 Å². The first-order valence-corrected chi connectivity index (χ1v) is 15.5. The Morgan fingerprint density at radius 3 is 2.59 bits per heavy atom. The van der Waals surface area contributed by atoms with Crippen molar-refractivity contribution in [3.63, 3.8) is 0 Å². The molecule has 0 saturated heterocycles. The van der Waals surface area contributed by atoms with Crippen LogP contribution in [0.5, 0.6) is 0 Å². The molecule has 0 spiro atoms. The number of aromatic nitrogens is 3. The molecule has 3 aromatic rings. The van der Waals surface area contributed by atoms with Crippen LogP contribution in [0.15, 0.2) is 65.2 Å². The van der Waals surface area contributed by atoms with Crippen molar-refractivity contribution in [2.24, 2.45) is 5.92 Å². The Bertz CT molecular complexity index is 1610. The van der Waals surface area contributed by atoms with Crippen LogP contribution < -0.4 is 10.2 Å².